The van der Waals surface area contributed by atoms with E-state index < -0.39 is 12.2 Å². The second-order valence-electron chi connectivity index (χ2n) is 26.2. The number of fused-ring (bicyclic) bond motifs is 10. The lowest BCUT2D eigenvalue weighted by Crippen LogP contribution is -2.62. The Balaban J connectivity index is 0.683. The van der Waals surface area contributed by atoms with Crippen molar-refractivity contribution in [2.24, 2.45) is 98.4 Å². The Morgan fingerprint density at radius 3 is 1.40 bits per heavy atom. The van der Waals surface area contributed by atoms with Crippen LogP contribution >= 0.6 is 0 Å². The van der Waals surface area contributed by atoms with Crippen LogP contribution in [0.5, 0.6) is 0 Å². The summed E-state index contributed by atoms with van der Waals surface area (Å²) in [6, 6.07) is 0.0588. The van der Waals surface area contributed by atoms with Crippen molar-refractivity contribution in [3.05, 3.63) is 0 Å². The van der Waals surface area contributed by atoms with Gasteiger partial charge >= 0.3 is 0 Å². The van der Waals surface area contributed by atoms with Crippen molar-refractivity contribution in [2.45, 2.75) is 232 Å². The maximum absolute atomic E-state index is 13.0. The van der Waals surface area contributed by atoms with Gasteiger partial charge in [0.25, 0.3) is 0 Å². The third-order valence-electron chi connectivity index (χ3n) is 23.1. The quantitative estimate of drug-likeness (QED) is 0.0673. The minimum Gasteiger partial charge on any atom is -0.393 e. The Morgan fingerprint density at radius 1 is 0.537 bits per heavy atom. The molecule has 23 atom stereocenters. The third kappa shape index (κ3) is 9.71. The Hall–Kier alpha value is -1.34. The van der Waals surface area contributed by atoms with Crippen LogP contribution < -0.4 is 16.4 Å². The number of nitrogens with one attached hydrogen (secondary N) is 2. The highest BCUT2D eigenvalue weighted by molar-refractivity contribution is 5.76. The van der Waals surface area contributed by atoms with Crippen LogP contribution in [0.15, 0.2) is 0 Å². The maximum atomic E-state index is 13.0. The molecule has 8 aliphatic rings. The van der Waals surface area contributed by atoms with E-state index in [0.717, 1.165) is 135 Å². The van der Waals surface area contributed by atoms with E-state index in [2.05, 4.69) is 52.2 Å². The van der Waals surface area contributed by atoms with Gasteiger partial charge in [0, 0.05) is 32.0 Å². The minimum absolute atomic E-state index is 0.0588. The monoisotopic (exact) mass is 940 g/mol. The molecule has 0 aromatic heterocycles. The highest BCUT2D eigenvalue weighted by Crippen LogP contribution is 2.70. The summed E-state index contributed by atoms with van der Waals surface area (Å²) in [6.45, 7) is 15.1. The highest BCUT2D eigenvalue weighted by Gasteiger charge is 2.67. The Kier molecular flexibility index (Phi) is 16.0. The molecule has 1 unspecified atom stereocenters. The molecule has 0 aromatic rings. The molecule has 67 heavy (non-hydrogen) atoms. The summed E-state index contributed by atoms with van der Waals surface area (Å²) in [5, 5.41) is 74.2. The topological polar surface area (TPSA) is 206 Å². The van der Waals surface area contributed by atoms with Gasteiger partial charge in [-0.05, 0) is 221 Å². The van der Waals surface area contributed by atoms with E-state index in [1.807, 2.05) is 0 Å². The smallest absolute Gasteiger partial charge is 0.220 e. The van der Waals surface area contributed by atoms with Crippen molar-refractivity contribution >= 4 is 11.8 Å². The first-order valence-corrected chi connectivity index (χ1v) is 28.1. The van der Waals surface area contributed by atoms with Crippen LogP contribution in [0.2, 0.25) is 0 Å². The zero-order valence-corrected chi connectivity index (χ0v) is 42.7. The number of hydrogen-bond donors (Lipinski definition) is 9. The molecule has 0 aliphatic heterocycles. The first-order valence-electron chi connectivity index (χ1n) is 28.1. The summed E-state index contributed by atoms with van der Waals surface area (Å²) >= 11 is 0. The van der Waals surface area contributed by atoms with E-state index in [-0.39, 0.29) is 93.5 Å². The van der Waals surface area contributed by atoms with Crippen LogP contribution in [0.3, 0.4) is 0 Å². The number of aliphatic hydroxyl groups is 6. The van der Waals surface area contributed by atoms with E-state index in [0.29, 0.717) is 67.4 Å². The van der Waals surface area contributed by atoms with Crippen molar-refractivity contribution in [1.82, 2.24) is 10.6 Å². The van der Waals surface area contributed by atoms with Crippen molar-refractivity contribution in [1.29, 1.82) is 0 Å². The van der Waals surface area contributed by atoms with Gasteiger partial charge in [-0.25, -0.2) is 0 Å². The zero-order chi connectivity index (χ0) is 48.2. The fraction of sp³-hybridized carbons (Fsp3) is 0.964. The number of nitrogens with two attached hydrogens (primary N) is 1. The summed E-state index contributed by atoms with van der Waals surface area (Å²) in [4.78, 5) is 26.0. The van der Waals surface area contributed by atoms with E-state index in [4.69, 9.17) is 5.73 Å². The van der Waals surface area contributed by atoms with E-state index in [1.165, 1.54) is 0 Å². The number of unbranched alkanes of at least 4 members (excludes halogenated alkanes) is 1. The van der Waals surface area contributed by atoms with E-state index in [9.17, 15) is 40.2 Å². The predicted octanol–water partition coefficient (Wildman–Crippen LogP) is 7.25. The van der Waals surface area contributed by atoms with Crippen LogP contribution in [-0.2, 0) is 9.59 Å². The fourth-order valence-corrected chi connectivity index (χ4v) is 19.1. The summed E-state index contributed by atoms with van der Waals surface area (Å²) < 4.78 is 0. The van der Waals surface area contributed by atoms with E-state index in [1.54, 1.807) is 0 Å². The molecule has 0 aromatic carbocycles. The first-order chi connectivity index (χ1) is 31.7. The van der Waals surface area contributed by atoms with Crippen LogP contribution in [-0.4, -0.2) is 98.2 Å². The van der Waals surface area contributed by atoms with Crippen molar-refractivity contribution in [2.75, 3.05) is 13.1 Å². The lowest BCUT2D eigenvalue weighted by atomic mass is 9.43. The molecule has 0 heterocycles. The number of rotatable bonds is 17. The predicted molar refractivity (Wildman–Crippen MR) is 262 cm³/mol. The number of carbonyl (C=O) groups is 2. The van der Waals surface area contributed by atoms with Gasteiger partial charge in [-0.15, -0.1) is 0 Å². The second-order valence-corrected chi connectivity index (χ2v) is 26.2. The molecule has 8 rings (SSSR count). The maximum Gasteiger partial charge on any atom is 0.220 e. The Labute approximate surface area is 404 Å². The van der Waals surface area contributed by atoms with Crippen LogP contribution in [0, 0.1) is 92.7 Å². The summed E-state index contributed by atoms with van der Waals surface area (Å²) in [5.74, 6) is 3.61. The zero-order valence-electron chi connectivity index (χ0n) is 42.7. The van der Waals surface area contributed by atoms with Gasteiger partial charge in [-0.3, -0.25) is 9.59 Å². The molecule has 10 N–H and O–H groups in total. The lowest BCUT2D eigenvalue weighted by Gasteiger charge is -2.63. The lowest BCUT2D eigenvalue weighted by molar-refractivity contribution is -0.207. The van der Waals surface area contributed by atoms with Crippen molar-refractivity contribution < 1.29 is 40.2 Å². The summed E-state index contributed by atoms with van der Waals surface area (Å²) in [7, 11) is 0. The van der Waals surface area contributed by atoms with Gasteiger partial charge in [-0.2, -0.15) is 0 Å². The normalized spacial score (nSPS) is 48.1. The highest BCUT2D eigenvalue weighted by atomic mass is 16.3. The number of aliphatic hydroxyl groups excluding tert-OH is 6. The largest absolute Gasteiger partial charge is 0.393 e. The second kappa shape index (κ2) is 20.6. The number of amides is 2. The van der Waals surface area contributed by atoms with Gasteiger partial charge < -0.3 is 47.0 Å². The van der Waals surface area contributed by atoms with Crippen molar-refractivity contribution in [3.63, 3.8) is 0 Å². The molecule has 11 nitrogen and oxygen atoms in total. The molecular formula is C56H97N3O8. The number of carbonyl (C=O) groups excluding carboxylic acids is 2. The van der Waals surface area contributed by atoms with Crippen LogP contribution in [0.4, 0.5) is 0 Å². The summed E-state index contributed by atoms with van der Waals surface area (Å²) in [5.41, 5.74) is 6.10. The van der Waals surface area contributed by atoms with Gasteiger partial charge in [0.05, 0.1) is 36.6 Å². The molecule has 0 bridgehead atoms. The average molecular weight is 940 g/mol. The molecule has 2 amide bonds. The molecule has 8 fully saturated rings. The van der Waals surface area contributed by atoms with Crippen LogP contribution in [0.1, 0.15) is 189 Å². The molecule has 11 heteroatoms. The summed E-state index contributed by atoms with van der Waals surface area (Å²) in [6.07, 6.45) is 17.1. The minimum atomic E-state index is -0.414. The molecule has 0 spiro atoms. The molecule has 8 aliphatic carbocycles. The molecule has 0 radical (unpaired) electrons. The Bertz CT molecular complexity index is 1700. The molecule has 384 valence electrons. The Morgan fingerprint density at radius 2 is 0.955 bits per heavy atom. The molecule has 0 saturated heterocycles. The van der Waals surface area contributed by atoms with Crippen molar-refractivity contribution in [3.8, 4) is 0 Å². The SMILES string of the molecule is C[C@H](CCC(=O)NCCCCC(N)CCCNC(=O)CC[C@@H](C)[C@H]1CC[C@H]2[C@@H]3[C@H](O)C[C@@H]4C[C@H](O)CC[C@]4(C)[C@H]3C[C@H](O)[C@]12C)[C@H]1CC[C@H]2[C@@H]3[C@H](O)C[C@@H]4C[C@H](O)CC[C@]4(C)[C@H]3C[C@H](O)[C@]12C. The molecular weight excluding hydrogens is 843 g/mol. The van der Waals surface area contributed by atoms with Gasteiger partial charge in [0.15, 0.2) is 0 Å². The van der Waals surface area contributed by atoms with Crippen LogP contribution in [0.25, 0.3) is 0 Å². The van der Waals surface area contributed by atoms with Gasteiger partial charge in [-0.1, -0.05) is 48.0 Å². The fourth-order valence-electron chi connectivity index (χ4n) is 19.1. The van der Waals surface area contributed by atoms with Gasteiger partial charge in [0.2, 0.25) is 11.8 Å². The molecule has 8 saturated carbocycles. The average Bonchev–Trinajstić information content (AvgIpc) is 3.83. The number of hydrogen-bond acceptors (Lipinski definition) is 9. The van der Waals surface area contributed by atoms with Gasteiger partial charge in [0.1, 0.15) is 0 Å². The first kappa shape index (κ1) is 52.0. The third-order valence-corrected chi connectivity index (χ3v) is 23.1. The standard InChI is InChI=1S/C56H97N3O8/c1-32(39-14-16-41-51-43(30-47(64)55(39,41)5)53(3)22-20-37(60)26-34(53)28-45(51)62)12-18-49(66)58-24-8-7-10-36(57)11-9-25-59-50(67)19-13-33(2)40-15-17-42-52-44(31-48(65)56(40,42)6)54(4)23-21-38(61)27-35(54)29-46(52)63/h32-48,51-52,60-65H,7-31,57H2,1-6H3,(H,58,66)(H,59,67)/t32-,33-,34+,35+,36?,37-,38-,39-,40-,41+,42+,43+,44+,45-,46-,47+,48+,51+,52+,53+,54+,55-,56-/m1/s1. The van der Waals surface area contributed by atoms with E-state index >= 15 is 0 Å².